The highest BCUT2D eigenvalue weighted by Crippen LogP contribution is 2.59. The summed E-state index contributed by atoms with van der Waals surface area (Å²) < 4.78 is 0. The third-order valence-corrected chi connectivity index (χ3v) is 15.4. The normalized spacial score (nSPS) is 45.3. The van der Waals surface area contributed by atoms with Crippen molar-refractivity contribution in [2.45, 2.75) is 166 Å². The van der Waals surface area contributed by atoms with Crippen LogP contribution in [0.1, 0.15) is 166 Å². The van der Waals surface area contributed by atoms with Gasteiger partial charge in [-0.25, -0.2) is 0 Å². The van der Waals surface area contributed by atoms with E-state index >= 15 is 0 Å². The molecular formula is C39H72. The predicted octanol–water partition coefficient (Wildman–Crippen LogP) is 12.5. The molecule has 6 bridgehead atoms. The van der Waals surface area contributed by atoms with Crippen LogP contribution in [0.4, 0.5) is 0 Å². The molecule has 7 aliphatic rings. The van der Waals surface area contributed by atoms with Crippen molar-refractivity contribution in [2.24, 2.45) is 81.3 Å². The van der Waals surface area contributed by atoms with Gasteiger partial charge in [-0.1, -0.05) is 95.4 Å². The van der Waals surface area contributed by atoms with Crippen LogP contribution < -0.4 is 0 Å². The summed E-state index contributed by atoms with van der Waals surface area (Å²) >= 11 is 0. The number of rotatable bonds is 2. The Labute approximate surface area is 247 Å². The Morgan fingerprint density at radius 1 is 0.538 bits per heavy atom. The largest absolute Gasteiger partial charge is 0.0651 e. The highest BCUT2D eigenvalue weighted by atomic mass is 14.6. The first-order valence-corrected chi connectivity index (χ1v) is 18.2. The van der Waals surface area contributed by atoms with Crippen molar-refractivity contribution in [2.75, 3.05) is 0 Å². The highest BCUT2D eigenvalue weighted by molar-refractivity contribution is 5.00. The van der Waals surface area contributed by atoms with Gasteiger partial charge in [0.25, 0.3) is 0 Å². The molecule has 228 valence electrons. The number of hydrogen-bond acceptors (Lipinski definition) is 0. The van der Waals surface area contributed by atoms with Crippen LogP contribution in [0.15, 0.2) is 0 Å². The van der Waals surface area contributed by atoms with Crippen LogP contribution in [0, 0.1) is 81.3 Å². The van der Waals surface area contributed by atoms with E-state index in [1.807, 2.05) is 0 Å². The molecule has 7 fully saturated rings. The molecule has 0 amide bonds. The molecule has 0 heterocycles. The van der Waals surface area contributed by atoms with Crippen LogP contribution in [-0.4, -0.2) is 0 Å². The Kier molecular flexibility index (Phi) is 10.1. The Bertz CT molecular complexity index is 727. The summed E-state index contributed by atoms with van der Waals surface area (Å²) in [5.74, 6) is 11.8. The van der Waals surface area contributed by atoms with Gasteiger partial charge in [0.15, 0.2) is 0 Å². The second-order valence-electron chi connectivity index (χ2n) is 18.2. The summed E-state index contributed by atoms with van der Waals surface area (Å²) in [4.78, 5) is 0. The molecule has 0 radical (unpaired) electrons. The summed E-state index contributed by atoms with van der Waals surface area (Å²) in [6.07, 6.45) is 21.1. The number of fused-ring (bicyclic) bond motifs is 6. The quantitative estimate of drug-likeness (QED) is 0.327. The van der Waals surface area contributed by atoms with Gasteiger partial charge in [-0.2, -0.15) is 0 Å². The van der Waals surface area contributed by atoms with E-state index in [1.54, 1.807) is 32.1 Å². The average molecular weight is 541 g/mol. The highest BCUT2D eigenvalue weighted by Gasteiger charge is 2.50. The Balaban J connectivity index is 0.000000121. The van der Waals surface area contributed by atoms with Gasteiger partial charge in [-0.3, -0.25) is 0 Å². The van der Waals surface area contributed by atoms with Gasteiger partial charge in [0.05, 0.1) is 0 Å². The molecule has 0 spiro atoms. The van der Waals surface area contributed by atoms with Crippen LogP contribution in [-0.2, 0) is 0 Å². The van der Waals surface area contributed by atoms with Crippen LogP contribution in [0.5, 0.6) is 0 Å². The third kappa shape index (κ3) is 6.66. The smallest absolute Gasteiger partial charge is 0.0297 e. The summed E-state index contributed by atoms with van der Waals surface area (Å²) in [5.41, 5.74) is 1.86. The zero-order valence-corrected chi connectivity index (χ0v) is 28.8. The zero-order chi connectivity index (χ0) is 28.8. The van der Waals surface area contributed by atoms with Crippen molar-refractivity contribution in [3.05, 3.63) is 0 Å². The van der Waals surface area contributed by atoms with E-state index in [1.165, 1.54) is 57.8 Å². The lowest BCUT2D eigenvalue weighted by molar-refractivity contribution is 0.137. The minimum absolute atomic E-state index is 0.595. The molecule has 0 aromatic heterocycles. The van der Waals surface area contributed by atoms with E-state index in [4.69, 9.17) is 0 Å². The molecule has 0 N–H and O–H groups in total. The van der Waals surface area contributed by atoms with Crippen LogP contribution >= 0.6 is 0 Å². The molecule has 8 unspecified atom stereocenters. The molecule has 0 nitrogen and oxygen atoms in total. The summed E-state index contributed by atoms with van der Waals surface area (Å²) in [7, 11) is 0. The van der Waals surface area contributed by atoms with Gasteiger partial charge in [-0.15, -0.1) is 0 Å². The van der Waals surface area contributed by atoms with E-state index in [9.17, 15) is 0 Å². The lowest BCUT2D eigenvalue weighted by Gasteiger charge is -2.35. The lowest BCUT2D eigenvalue weighted by Crippen LogP contribution is -2.28. The lowest BCUT2D eigenvalue weighted by atomic mass is 9.70. The van der Waals surface area contributed by atoms with Crippen molar-refractivity contribution in [3.63, 3.8) is 0 Å². The summed E-state index contributed by atoms with van der Waals surface area (Å²) in [6, 6.07) is 0. The standard InChI is InChI=1S/C11H22.C10H18.2C9H16/c1-6-9-10(2,3)7-8-11(9,4)5;1-7-8-4-5-9(6-8)10(7,2)3;1-6-7(2)9-4-3-8(6)5-9;1-2-8-5-7-3-4-9(8)6-7/h9H,6-8H2,1-5H3;7-9H,4-6H2,1-3H3;6-9H,3-5H2,1-2H3;7-9H,2-6H2,1H3/t;7-,8?,9?;6-,7?,8?,9?;/m.10./s1. The summed E-state index contributed by atoms with van der Waals surface area (Å²) in [5, 5.41) is 0. The average Bonchev–Trinajstić information content (AvgIpc) is 3.73. The van der Waals surface area contributed by atoms with E-state index in [0.717, 1.165) is 65.1 Å². The zero-order valence-electron chi connectivity index (χ0n) is 28.8. The van der Waals surface area contributed by atoms with Gasteiger partial charge in [0, 0.05) is 0 Å². The topological polar surface area (TPSA) is 0 Å². The molecule has 0 aliphatic heterocycles. The minimum Gasteiger partial charge on any atom is -0.0651 e. The second kappa shape index (κ2) is 12.3. The van der Waals surface area contributed by atoms with Crippen molar-refractivity contribution in [1.29, 1.82) is 0 Å². The van der Waals surface area contributed by atoms with Gasteiger partial charge < -0.3 is 0 Å². The Hall–Kier alpha value is 0. The van der Waals surface area contributed by atoms with E-state index in [-0.39, 0.29) is 0 Å². The molecule has 0 heteroatoms. The number of hydrogen-bond donors (Lipinski definition) is 0. The van der Waals surface area contributed by atoms with E-state index in [2.05, 4.69) is 76.2 Å². The minimum atomic E-state index is 0.595. The molecule has 0 aromatic rings. The van der Waals surface area contributed by atoms with Crippen LogP contribution in [0.25, 0.3) is 0 Å². The molecule has 7 saturated carbocycles. The van der Waals surface area contributed by atoms with Crippen molar-refractivity contribution in [1.82, 2.24) is 0 Å². The molecule has 7 rings (SSSR count). The SMILES string of the molecule is CC1C2CCC(C2)[C@H]1C.CCC1C(C)(C)CCC1(C)C.CCC1CC2CCC1C2.C[C@@H]1C2CCC(C2)C1(C)C. The Morgan fingerprint density at radius 2 is 1.08 bits per heavy atom. The molecule has 39 heavy (non-hydrogen) atoms. The van der Waals surface area contributed by atoms with Gasteiger partial charge in [0.2, 0.25) is 0 Å². The first kappa shape index (κ1) is 31.9. The first-order valence-electron chi connectivity index (χ1n) is 18.2. The Morgan fingerprint density at radius 3 is 1.33 bits per heavy atom. The summed E-state index contributed by atoms with van der Waals surface area (Å²) in [6.45, 7) is 26.6. The predicted molar refractivity (Wildman–Crippen MR) is 173 cm³/mol. The fourth-order valence-corrected chi connectivity index (χ4v) is 12.0. The van der Waals surface area contributed by atoms with E-state index in [0.29, 0.717) is 16.2 Å². The van der Waals surface area contributed by atoms with Crippen molar-refractivity contribution < 1.29 is 0 Å². The molecule has 0 aromatic carbocycles. The maximum absolute atomic E-state index is 2.46. The van der Waals surface area contributed by atoms with Crippen LogP contribution in [0.2, 0.25) is 0 Å². The van der Waals surface area contributed by atoms with Crippen molar-refractivity contribution in [3.8, 4) is 0 Å². The van der Waals surface area contributed by atoms with Gasteiger partial charge >= 0.3 is 0 Å². The monoisotopic (exact) mass is 541 g/mol. The van der Waals surface area contributed by atoms with Crippen LogP contribution in [0.3, 0.4) is 0 Å². The second-order valence-corrected chi connectivity index (χ2v) is 18.2. The van der Waals surface area contributed by atoms with Gasteiger partial charge in [0.1, 0.15) is 0 Å². The fraction of sp³-hybridized carbons (Fsp3) is 1.00. The molecule has 10 atom stereocenters. The van der Waals surface area contributed by atoms with E-state index < -0.39 is 0 Å². The molecule has 7 aliphatic carbocycles. The molecule has 0 saturated heterocycles. The maximum atomic E-state index is 2.46. The fourth-order valence-electron chi connectivity index (χ4n) is 12.0. The van der Waals surface area contributed by atoms with Gasteiger partial charge in [-0.05, 0) is 152 Å². The molecular weight excluding hydrogens is 468 g/mol. The third-order valence-electron chi connectivity index (χ3n) is 15.4. The first-order chi connectivity index (χ1) is 18.2. The van der Waals surface area contributed by atoms with Crippen molar-refractivity contribution >= 4 is 0 Å². The maximum Gasteiger partial charge on any atom is -0.0297 e.